The number of ether oxygens (including phenoxy) is 1. The Kier molecular flexibility index (Phi) is 7.14. The standard InChI is InChI=1S/C24H27F3N6O2/c1-15-11-18(24(25,26)27)17(12-28)22(30-15)31-19-7-8-33(9-10-35-16-13-29-14-16)21-6-4-3-5-20(21)32(2)23(19)34/h3-6,11,16,19,29H,7-10,13-14H2,1-2H3,(H,30,31)/t19-/m0/s1. The van der Waals surface area contributed by atoms with Crippen LogP contribution in [0.1, 0.15) is 23.2 Å². The summed E-state index contributed by atoms with van der Waals surface area (Å²) in [5.74, 6) is -0.567. The number of likely N-dealkylation sites (N-methyl/N-ethyl adjacent to an activating group) is 1. The summed E-state index contributed by atoms with van der Waals surface area (Å²) in [6, 6.07) is 9.05. The molecule has 4 rings (SSSR count). The summed E-state index contributed by atoms with van der Waals surface area (Å²) in [5, 5.41) is 15.5. The van der Waals surface area contributed by atoms with Crippen LogP contribution >= 0.6 is 0 Å². The van der Waals surface area contributed by atoms with Gasteiger partial charge in [0.1, 0.15) is 23.5 Å². The number of nitriles is 1. The number of nitrogens with one attached hydrogen (secondary N) is 2. The molecule has 1 amide bonds. The van der Waals surface area contributed by atoms with Gasteiger partial charge in [-0.25, -0.2) is 4.98 Å². The van der Waals surface area contributed by atoms with Crippen molar-refractivity contribution in [2.45, 2.75) is 31.7 Å². The SMILES string of the molecule is Cc1cc(C(F)(F)F)c(C#N)c(N[C@H]2CCN(CCOC3CNC3)c3ccccc3N(C)C2=O)n1. The molecule has 186 valence electrons. The van der Waals surface area contributed by atoms with Crippen LogP contribution in [0, 0.1) is 18.3 Å². The molecule has 0 unspecified atom stereocenters. The third-order valence-electron chi connectivity index (χ3n) is 6.23. The fourth-order valence-corrected chi connectivity index (χ4v) is 4.25. The maximum atomic E-state index is 13.5. The Morgan fingerprint density at radius 2 is 2.00 bits per heavy atom. The summed E-state index contributed by atoms with van der Waals surface area (Å²) < 4.78 is 46.5. The van der Waals surface area contributed by atoms with Crippen molar-refractivity contribution in [2.75, 3.05) is 55.0 Å². The molecule has 1 aromatic heterocycles. The highest BCUT2D eigenvalue weighted by Crippen LogP contribution is 2.36. The first kappa shape index (κ1) is 24.8. The van der Waals surface area contributed by atoms with Crippen LogP contribution < -0.4 is 20.4 Å². The molecule has 3 heterocycles. The minimum absolute atomic E-state index is 0.0973. The van der Waals surface area contributed by atoms with Crippen LogP contribution in [0.4, 0.5) is 30.4 Å². The molecule has 0 aliphatic carbocycles. The highest BCUT2D eigenvalue weighted by molar-refractivity contribution is 6.01. The molecule has 0 radical (unpaired) electrons. The van der Waals surface area contributed by atoms with Gasteiger partial charge in [0.05, 0.1) is 29.6 Å². The topological polar surface area (TPSA) is 93.5 Å². The van der Waals surface area contributed by atoms with Gasteiger partial charge in [-0.3, -0.25) is 4.79 Å². The number of benzene rings is 1. The predicted octanol–water partition coefficient (Wildman–Crippen LogP) is 2.92. The number of alkyl halides is 3. The van der Waals surface area contributed by atoms with Gasteiger partial charge in [-0.05, 0) is 31.5 Å². The maximum Gasteiger partial charge on any atom is 0.417 e. The van der Waals surface area contributed by atoms with Gasteiger partial charge < -0.3 is 25.2 Å². The second kappa shape index (κ2) is 10.1. The minimum atomic E-state index is -4.72. The fourth-order valence-electron chi connectivity index (χ4n) is 4.25. The predicted molar refractivity (Wildman–Crippen MR) is 125 cm³/mol. The van der Waals surface area contributed by atoms with Gasteiger partial charge in [0, 0.05) is 38.9 Å². The zero-order chi connectivity index (χ0) is 25.2. The number of anilines is 3. The van der Waals surface area contributed by atoms with E-state index in [-0.39, 0.29) is 23.5 Å². The Labute approximate surface area is 201 Å². The number of halogens is 3. The average molecular weight is 489 g/mol. The molecule has 8 nitrogen and oxygen atoms in total. The van der Waals surface area contributed by atoms with Crippen molar-refractivity contribution >= 4 is 23.1 Å². The molecule has 0 saturated carbocycles. The number of amides is 1. The second-order valence-corrected chi connectivity index (χ2v) is 8.65. The van der Waals surface area contributed by atoms with Gasteiger partial charge >= 0.3 is 6.18 Å². The highest BCUT2D eigenvalue weighted by atomic mass is 19.4. The Hall–Kier alpha value is -3.36. The van der Waals surface area contributed by atoms with Gasteiger partial charge in [-0.15, -0.1) is 0 Å². The van der Waals surface area contributed by atoms with E-state index >= 15 is 0 Å². The summed E-state index contributed by atoms with van der Waals surface area (Å²) >= 11 is 0. The van der Waals surface area contributed by atoms with Crippen molar-refractivity contribution < 1.29 is 22.7 Å². The van der Waals surface area contributed by atoms with Crippen LogP contribution in [0.3, 0.4) is 0 Å². The fraction of sp³-hybridized carbons (Fsp3) is 0.458. The van der Waals surface area contributed by atoms with Crippen LogP contribution in [0.25, 0.3) is 0 Å². The summed E-state index contributed by atoms with van der Waals surface area (Å²) in [7, 11) is 1.63. The smallest absolute Gasteiger partial charge is 0.374 e. The zero-order valence-electron chi connectivity index (χ0n) is 19.5. The first-order valence-electron chi connectivity index (χ1n) is 11.4. The number of hydrogen-bond donors (Lipinski definition) is 2. The lowest BCUT2D eigenvalue weighted by atomic mass is 10.1. The molecule has 2 aliphatic rings. The van der Waals surface area contributed by atoms with Crippen LogP contribution in [-0.4, -0.2) is 62.9 Å². The quantitative estimate of drug-likeness (QED) is 0.646. The van der Waals surface area contributed by atoms with E-state index in [2.05, 4.69) is 20.5 Å². The maximum absolute atomic E-state index is 13.5. The first-order chi connectivity index (χ1) is 16.7. The number of aryl methyl sites for hydroxylation is 1. The van der Waals surface area contributed by atoms with Crippen molar-refractivity contribution in [2.24, 2.45) is 0 Å². The molecule has 0 bridgehead atoms. The van der Waals surface area contributed by atoms with Gasteiger partial charge in [0.2, 0.25) is 5.91 Å². The number of para-hydroxylation sites is 2. The van der Waals surface area contributed by atoms with Crippen molar-refractivity contribution in [1.82, 2.24) is 10.3 Å². The number of hydrogen-bond acceptors (Lipinski definition) is 7. The minimum Gasteiger partial charge on any atom is -0.374 e. The number of aromatic nitrogens is 1. The van der Waals surface area contributed by atoms with Crippen molar-refractivity contribution in [1.29, 1.82) is 5.26 Å². The molecule has 1 atom stereocenters. The number of carbonyl (C=O) groups is 1. The first-order valence-corrected chi connectivity index (χ1v) is 11.4. The van der Waals surface area contributed by atoms with Gasteiger partial charge in [0.25, 0.3) is 0 Å². The number of rotatable bonds is 6. The monoisotopic (exact) mass is 488 g/mol. The molecule has 2 aromatic rings. The lowest BCUT2D eigenvalue weighted by Gasteiger charge is -2.36. The van der Waals surface area contributed by atoms with E-state index in [0.29, 0.717) is 31.8 Å². The molecule has 1 aromatic carbocycles. The largest absolute Gasteiger partial charge is 0.417 e. The Balaban J connectivity index is 1.61. The van der Waals surface area contributed by atoms with Crippen molar-refractivity contribution in [3.8, 4) is 6.07 Å². The van der Waals surface area contributed by atoms with E-state index in [1.165, 1.54) is 11.8 Å². The van der Waals surface area contributed by atoms with Crippen molar-refractivity contribution in [3.05, 3.63) is 47.2 Å². The normalized spacial score (nSPS) is 18.9. The zero-order valence-corrected chi connectivity index (χ0v) is 19.5. The Morgan fingerprint density at radius 1 is 1.29 bits per heavy atom. The van der Waals surface area contributed by atoms with E-state index in [1.54, 1.807) is 13.1 Å². The van der Waals surface area contributed by atoms with Crippen LogP contribution in [0.5, 0.6) is 0 Å². The van der Waals surface area contributed by atoms with Gasteiger partial charge in [-0.1, -0.05) is 12.1 Å². The molecule has 35 heavy (non-hydrogen) atoms. The number of fused-ring (bicyclic) bond motifs is 1. The molecule has 2 aliphatic heterocycles. The second-order valence-electron chi connectivity index (χ2n) is 8.65. The number of nitrogens with zero attached hydrogens (tertiary/aromatic N) is 4. The Bertz CT molecular complexity index is 1130. The average Bonchev–Trinajstić information content (AvgIpc) is 2.79. The van der Waals surface area contributed by atoms with E-state index in [0.717, 1.165) is 24.8 Å². The molecule has 1 saturated heterocycles. The van der Waals surface area contributed by atoms with Crippen LogP contribution in [0.15, 0.2) is 30.3 Å². The molecule has 2 N–H and O–H groups in total. The van der Waals surface area contributed by atoms with E-state index in [1.807, 2.05) is 24.3 Å². The third kappa shape index (κ3) is 5.33. The van der Waals surface area contributed by atoms with E-state index < -0.39 is 23.3 Å². The van der Waals surface area contributed by atoms with E-state index in [4.69, 9.17) is 4.74 Å². The van der Waals surface area contributed by atoms with Crippen LogP contribution in [0.2, 0.25) is 0 Å². The van der Waals surface area contributed by atoms with Gasteiger partial charge in [-0.2, -0.15) is 18.4 Å². The lowest BCUT2D eigenvalue weighted by molar-refractivity contribution is -0.137. The summed E-state index contributed by atoms with van der Waals surface area (Å²) in [6.07, 6.45) is -4.23. The summed E-state index contributed by atoms with van der Waals surface area (Å²) in [4.78, 5) is 21.1. The number of carbonyl (C=O) groups excluding carboxylic acids is 1. The molecular weight excluding hydrogens is 461 g/mol. The van der Waals surface area contributed by atoms with Crippen molar-refractivity contribution in [3.63, 3.8) is 0 Å². The molecular formula is C24H27F3N6O2. The number of pyridine rings is 1. The van der Waals surface area contributed by atoms with Gasteiger partial charge in [0.15, 0.2) is 0 Å². The van der Waals surface area contributed by atoms with E-state index in [9.17, 15) is 23.2 Å². The summed E-state index contributed by atoms with van der Waals surface area (Å²) in [5.41, 5.74) is -0.0393. The molecule has 11 heteroatoms. The molecule has 0 spiro atoms. The Morgan fingerprint density at radius 3 is 2.63 bits per heavy atom. The summed E-state index contributed by atoms with van der Waals surface area (Å²) in [6.45, 7) is 4.62. The third-order valence-corrected chi connectivity index (χ3v) is 6.23. The lowest BCUT2D eigenvalue weighted by Crippen LogP contribution is -2.49. The van der Waals surface area contributed by atoms with Crippen LogP contribution in [-0.2, 0) is 15.7 Å². The molecule has 1 fully saturated rings. The highest BCUT2D eigenvalue weighted by Gasteiger charge is 2.37.